The summed E-state index contributed by atoms with van der Waals surface area (Å²) in [7, 11) is 2.02. The van der Waals surface area contributed by atoms with Crippen molar-refractivity contribution in [3.63, 3.8) is 0 Å². The zero-order valence-electron chi connectivity index (χ0n) is 9.13. The van der Waals surface area contributed by atoms with Gasteiger partial charge >= 0.3 is 0 Å². The van der Waals surface area contributed by atoms with Crippen molar-refractivity contribution in [2.75, 3.05) is 26.7 Å². The second-order valence-corrected chi connectivity index (χ2v) is 4.00. The van der Waals surface area contributed by atoms with Gasteiger partial charge in [0.25, 0.3) is 0 Å². The first-order valence-corrected chi connectivity index (χ1v) is 5.64. The summed E-state index contributed by atoms with van der Waals surface area (Å²) < 4.78 is 0. The van der Waals surface area contributed by atoms with Crippen molar-refractivity contribution < 1.29 is 0 Å². The molecule has 1 saturated heterocycles. The van der Waals surface area contributed by atoms with Crippen LogP contribution in [0.2, 0.25) is 0 Å². The molecule has 80 valence electrons. The first kappa shape index (κ1) is 11.5. The van der Waals surface area contributed by atoms with Crippen molar-refractivity contribution in [2.45, 2.75) is 38.1 Å². The van der Waals surface area contributed by atoms with Gasteiger partial charge in [-0.25, -0.2) is 0 Å². The first-order chi connectivity index (χ1) is 6.88. The minimum Gasteiger partial charge on any atom is -0.318 e. The minimum absolute atomic E-state index is 0.697. The third-order valence-electron chi connectivity index (χ3n) is 2.92. The molecule has 0 amide bonds. The molecular weight excluding hydrogens is 174 g/mol. The number of nitrogens with one attached hydrogen (secondary N) is 1. The SMILES string of the molecule is CNCC1CCCCN1CCCC#N. The predicted octanol–water partition coefficient (Wildman–Crippen LogP) is 1.36. The highest BCUT2D eigenvalue weighted by molar-refractivity contribution is 4.79. The molecule has 1 N–H and O–H groups in total. The van der Waals surface area contributed by atoms with Gasteiger partial charge in [0.05, 0.1) is 6.07 Å². The number of rotatable bonds is 5. The van der Waals surface area contributed by atoms with E-state index in [0.717, 1.165) is 19.5 Å². The Balaban J connectivity index is 2.27. The van der Waals surface area contributed by atoms with Crippen molar-refractivity contribution in [3.05, 3.63) is 0 Å². The van der Waals surface area contributed by atoms with Crippen LogP contribution in [0.25, 0.3) is 0 Å². The maximum atomic E-state index is 8.48. The van der Waals surface area contributed by atoms with E-state index in [4.69, 9.17) is 5.26 Å². The van der Waals surface area contributed by atoms with E-state index in [1.165, 1.54) is 25.8 Å². The summed E-state index contributed by atoms with van der Waals surface area (Å²) >= 11 is 0. The molecule has 0 aliphatic carbocycles. The summed E-state index contributed by atoms with van der Waals surface area (Å²) in [6, 6.07) is 2.91. The van der Waals surface area contributed by atoms with Crippen LogP contribution >= 0.6 is 0 Å². The molecule has 3 nitrogen and oxygen atoms in total. The fourth-order valence-electron chi connectivity index (χ4n) is 2.18. The molecule has 1 fully saturated rings. The van der Waals surface area contributed by atoms with Crippen LogP contribution in [0.1, 0.15) is 32.1 Å². The molecule has 0 aromatic heterocycles. The van der Waals surface area contributed by atoms with Gasteiger partial charge in [0.15, 0.2) is 0 Å². The maximum Gasteiger partial charge on any atom is 0.0622 e. The molecule has 0 radical (unpaired) electrons. The average Bonchev–Trinajstić information content (AvgIpc) is 2.21. The van der Waals surface area contributed by atoms with E-state index in [-0.39, 0.29) is 0 Å². The molecule has 0 aromatic carbocycles. The molecule has 1 heterocycles. The summed E-state index contributed by atoms with van der Waals surface area (Å²) in [4.78, 5) is 2.54. The van der Waals surface area contributed by atoms with Crippen LogP contribution in [0, 0.1) is 11.3 Å². The molecule has 0 spiro atoms. The van der Waals surface area contributed by atoms with Gasteiger partial charge in [-0.2, -0.15) is 5.26 Å². The predicted molar refractivity (Wildman–Crippen MR) is 58.0 cm³/mol. The van der Waals surface area contributed by atoms with Gasteiger partial charge in [-0.15, -0.1) is 0 Å². The first-order valence-electron chi connectivity index (χ1n) is 5.64. The van der Waals surface area contributed by atoms with E-state index >= 15 is 0 Å². The molecule has 1 atom stereocenters. The Morgan fingerprint density at radius 1 is 1.50 bits per heavy atom. The quantitative estimate of drug-likeness (QED) is 0.673. The summed E-state index contributed by atoms with van der Waals surface area (Å²) in [6.45, 7) is 3.41. The zero-order chi connectivity index (χ0) is 10.2. The lowest BCUT2D eigenvalue weighted by molar-refractivity contribution is 0.146. The number of likely N-dealkylation sites (N-methyl/N-ethyl adjacent to an activating group) is 1. The third kappa shape index (κ3) is 3.65. The Morgan fingerprint density at radius 3 is 3.07 bits per heavy atom. The molecule has 1 aliphatic heterocycles. The lowest BCUT2D eigenvalue weighted by atomic mass is 10.0. The number of hydrogen-bond donors (Lipinski definition) is 1. The van der Waals surface area contributed by atoms with Gasteiger partial charge in [-0.3, -0.25) is 4.90 Å². The van der Waals surface area contributed by atoms with Crippen molar-refractivity contribution in [1.29, 1.82) is 5.26 Å². The standard InChI is InChI=1S/C11H21N3/c1-13-10-11-6-2-4-8-14(11)9-5-3-7-12/h11,13H,2-6,8-10H2,1H3. The van der Waals surface area contributed by atoms with Crippen LogP contribution < -0.4 is 5.32 Å². The van der Waals surface area contributed by atoms with Crippen LogP contribution in [0.5, 0.6) is 0 Å². The monoisotopic (exact) mass is 195 g/mol. The number of hydrogen-bond acceptors (Lipinski definition) is 3. The van der Waals surface area contributed by atoms with Gasteiger partial charge in [0.2, 0.25) is 0 Å². The second-order valence-electron chi connectivity index (χ2n) is 4.00. The van der Waals surface area contributed by atoms with E-state index in [1.807, 2.05) is 7.05 Å². The lowest BCUT2D eigenvalue weighted by Gasteiger charge is -2.35. The van der Waals surface area contributed by atoms with Gasteiger partial charge in [-0.1, -0.05) is 6.42 Å². The Morgan fingerprint density at radius 2 is 2.36 bits per heavy atom. The Kier molecular flexibility index (Phi) is 5.58. The topological polar surface area (TPSA) is 39.1 Å². The second kappa shape index (κ2) is 6.80. The lowest BCUT2D eigenvalue weighted by Crippen LogP contribution is -2.45. The van der Waals surface area contributed by atoms with Crippen LogP contribution in [0.4, 0.5) is 0 Å². The fraction of sp³-hybridized carbons (Fsp3) is 0.909. The summed E-state index contributed by atoms with van der Waals surface area (Å²) in [5.74, 6) is 0. The Labute approximate surface area is 87.1 Å². The molecule has 0 bridgehead atoms. The van der Waals surface area contributed by atoms with Crippen molar-refractivity contribution in [3.8, 4) is 6.07 Å². The van der Waals surface area contributed by atoms with E-state index in [1.54, 1.807) is 0 Å². The highest BCUT2D eigenvalue weighted by atomic mass is 15.2. The average molecular weight is 195 g/mol. The highest BCUT2D eigenvalue weighted by Gasteiger charge is 2.20. The van der Waals surface area contributed by atoms with Crippen molar-refractivity contribution in [2.24, 2.45) is 0 Å². The summed E-state index contributed by atoms with van der Waals surface area (Å²) in [6.07, 6.45) is 5.72. The number of nitrogens with zero attached hydrogens (tertiary/aromatic N) is 2. The molecule has 1 unspecified atom stereocenters. The smallest absolute Gasteiger partial charge is 0.0622 e. The minimum atomic E-state index is 0.697. The van der Waals surface area contributed by atoms with Gasteiger partial charge in [-0.05, 0) is 39.4 Å². The number of nitriles is 1. The number of unbranched alkanes of at least 4 members (excludes halogenated alkanes) is 1. The molecule has 0 saturated carbocycles. The van der Waals surface area contributed by atoms with Crippen LogP contribution in [0.3, 0.4) is 0 Å². The largest absolute Gasteiger partial charge is 0.318 e. The molecule has 1 aliphatic rings. The molecular formula is C11H21N3. The highest BCUT2D eigenvalue weighted by Crippen LogP contribution is 2.16. The van der Waals surface area contributed by atoms with Crippen molar-refractivity contribution in [1.82, 2.24) is 10.2 Å². The van der Waals surface area contributed by atoms with Gasteiger partial charge in [0.1, 0.15) is 0 Å². The Bertz CT molecular complexity index is 183. The summed E-state index contributed by atoms with van der Waals surface area (Å²) in [5, 5.41) is 11.7. The van der Waals surface area contributed by atoms with E-state index in [0.29, 0.717) is 12.5 Å². The maximum absolute atomic E-state index is 8.48. The Hall–Kier alpha value is -0.590. The van der Waals surface area contributed by atoms with Gasteiger partial charge in [0, 0.05) is 19.0 Å². The van der Waals surface area contributed by atoms with Gasteiger partial charge < -0.3 is 5.32 Å². The van der Waals surface area contributed by atoms with Crippen LogP contribution in [0.15, 0.2) is 0 Å². The van der Waals surface area contributed by atoms with E-state index in [2.05, 4.69) is 16.3 Å². The molecule has 14 heavy (non-hydrogen) atoms. The number of piperidine rings is 1. The number of likely N-dealkylation sites (tertiary alicyclic amines) is 1. The zero-order valence-corrected chi connectivity index (χ0v) is 9.13. The fourth-order valence-corrected chi connectivity index (χ4v) is 2.18. The van der Waals surface area contributed by atoms with E-state index < -0.39 is 0 Å². The van der Waals surface area contributed by atoms with Crippen LogP contribution in [-0.2, 0) is 0 Å². The summed E-state index contributed by atoms with van der Waals surface area (Å²) in [5.41, 5.74) is 0. The molecule has 0 aromatic rings. The van der Waals surface area contributed by atoms with Crippen molar-refractivity contribution >= 4 is 0 Å². The third-order valence-corrected chi connectivity index (χ3v) is 2.92. The molecule has 3 heteroatoms. The van der Waals surface area contributed by atoms with E-state index in [9.17, 15) is 0 Å². The molecule has 1 rings (SSSR count). The van der Waals surface area contributed by atoms with Crippen LogP contribution in [-0.4, -0.2) is 37.6 Å². The normalized spacial score (nSPS) is 23.3.